The van der Waals surface area contributed by atoms with E-state index >= 15 is 0 Å². The van der Waals surface area contributed by atoms with Gasteiger partial charge in [0.05, 0.1) is 0 Å². The van der Waals surface area contributed by atoms with Crippen LogP contribution in [-0.4, -0.2) is 18.3 Å². The number of amides is 1. The summed E-state index contributed by atoms with van der Waals surface area (Å²) in [6, 6.07) is 5.95. The molecule has 15 heavy (non-hydrogen) atoms. The summed E-state index contributed by atoms with van der Waals surface area (Å²) in [6.45, 7) is 6.66. The quantitative estimate of drug-likeness (QED) is 0.725. The minimum atomic E-state index is -0.0483. The Morgan fingerprint density at radius 3 is 2.60 bits per heavy atom. The highest BCUT2D eigenvalue weighted by molar-refractivity contribution is 6.29. The molecular formula is C12H16ClNO. The van der Waals surface area contributed by atoms with Gasteiger partial charge in [0.1, 0.15) is 5.88 Å². The van der Waals surface area contributed by atoms with Crippen LogP contribution in [0.5, 0.6) is 0 Å². The zero-order valence-corrected chi connectivity index (χ0v) is 10.1. The Balaban J connectivity index is 3.12. The van der Waals surface area contributed by atoms with Gasteiger partial charge in [0.15, 0.2) is 0 Å². The van der Waals surface area contributed by atoms with E-state index in [1.165, 1.54) is 5.56 Å². The van der Waals surface area contributed by atoms with E-state index in [9.17, 15) is 4.79 Å². The van der Waals surface area contributed by atoms with Crippen LogP contribution in [0.1, 0.15) is 18.1 Å². The van der Waals surface area contributed by atoms with Gasteiger partial charge in [-0.2, -0.15) is 0 Å². The van der Waals surface area contributed by atoms with Crippen molar-refractivity contribution >= 4 is 23.2 Å². The molecule has 1 amide bonds. The highest BCUT2D eigenvalue weighted by Gasteiger charge is 2.14. The van der Waals surface area contributed by atoms with E-state index in [0.717, 1.165) is 11.3 Å². The molecule has 0 unspecified atom stereocenters. The lowest BCUT2D eigenvalue weighted by atomic mass is 10.1. The van der Waals surface area contributed by atoms with Gasteiger partial charge in [0.25, 0.3) is 0 Å². The first-order chi connectivity index (χ1) is 7.11. The molecule has 1 aromatic carbocycles. The van der Waals surface area contributed by atoms with Crippen LogP contribution in [0.4, 0.5) is 5.69 Å². The van der Waals surface area contributed by atoms with Gasteiger partial charge in [0.2, 0.25) is 5.91 Å². The summed E-state index contributed by atoms with van der Waals surface area (Å²) in [5.41, 5.74) is 3.29. The van der Waals surface area contributed by atoms with Gasteiger partial charge in [-0.1, -0.05) is 12.1 Å². The smallest absolute Gasteiger partial charge is 0.241 e. The summed E-state index contributed by atoms with van der Waals surface area (Å²) in [5, 5.41) is 0. The van der Waals surface area contributed by atoms with Crippen LogP contribution in [0, 0.1) is 13.8 Å². The molecule has 0 spiro atoms. The van der Waals surface area contributed by atoms with Gasteiger partial charge in [-0.25, -0.2) is 0 Å². The topological polar surface area (TPSA) is 20.3 Å². The highest BCUT2D eigenvalue weighted by atomic mass is 35.5. The second-order valence-electron chi connectivity index (χ2n) is 3.49. The van der Waals surface area contributed by atoms with Crippen LogP contribution in [0.25, 0.3) is 0 Å². The standard InChI is InChI=1S/C12H16ClNO/c1-4-14(12(15)8-13)11-7-5-6-9(2)10(11)3/h5-7H,4,8H2,1-3H3. The molecule has 0 aliphatic carbocycles. The van der Waals surface area contributed by atoms with Crippen LogP contribution in [0.3, 0.4) is 0 Å². The predicted molar refractivity (Wildman–Crippen MR) is 64.7 cm³/mol. The first kappa shape index (κ1) is 12.1. The number of rotatable bonds is 3. The molecule has 2 nitrogen and oxygen atoms in total. The van der Waals surface area contributed by atoms with Crippen molar-refractivity contribution in [2.45, 2.75) is 20.8 Å². The third-order valence-corrected chi connectivity index (χ3v) is 2.83. The molecule has 1 aromatic rings. The van der Waals surface area contributed by atoms with Crippen LogP contribution >= 0.6 is 11.6 Å². The molecular weight excluding hydrogens is 210 g/mol. The van der Waals surface area contributed by atoms with E-state index in [1.54, 1.807) is 4.90 Å². The molecule has 3 heteroatoms. The summed E-state index contributed by atoms with van der Waals surface area (Å²) in [5.74, 6) is -0.0193. The zero-order chi connectivity index (χ0) is 11.4. The lowest BCUT2D eigenvalue weighted by Gasteiger charge is -2.22. The van der Waals surface area contributed by atoms with Gasteiger partial charge in [-0.15, -0.1) is 11.6 Å². The summed E-state index contributed by atoms with van der Waals surface area (Å²) in [7, 11) is 0. The minimum Gasteiger partial charge on any atom is -0.311 e. The van der Waals surface area contributed by atoms with Gasteiger partial charge in [-0.3, -0.25) is 4.79 Å². The van der Waals surface area contributed by atoms with Crippen molar-refractivity contribution < 1.29 is 4.79 Å². The fourth-order valence-electron chi connectivity index (χ4n) is 1.58. The lowest BCUT2D eigenvalue weighted by molar-refractivity contribution is -0.116. The molecule has 0 aliphatic heterocycles. The number of carbonyl (C=O) groups is 1. The maximum absolute atomic E-state index is 11.6. The number of hydrogen-bond donors (Lipinski definition) is 0. The number of nitrogens with zero attached hydrogens (tertiary/aromatic N) is 1. The first-order valence-corrected chi connectivity index (χ1v) is 5.57. The largest absolute Gasteiger partial charge is 0.311 e. The van der Waals surface area contributed by atoms with E-state index in [1.807, 2.05) is 39.0 Å². The summed E-state index contributed by atoms with van der Waals surface area (Å²) >= 11 is 5.58. The Bertz CT molecular complexity index is 363. The Morgan fingerprint density at radius 1 is 1.40 bits per heavy atom. The number of aryl methyl sites for hydroxylation is 1. The van der Waals surface area contributed by atoms with Crippen molar-refractivity contribution in [3.8, 4) is 0 Å². The molecule has 82 valence electrons. The average molecular weight is 226 g/mol. The molecule has 0 saturated carbocycles. The van der Waals surface area contributed by atoms with Gasteiger partial charge in [-0.05, 0) is 38.0 Å². The number of benzene rings is 1. The molecule has 0 heterocycles. The second-order valence-corrected chi connectivity index (χ2v) is 3.76. The molecule has 0 fully saturated rings. The maximum Gasteiger partial charge on any atom is 0.241 e. The number of anilines is 1. The highest BCUT2D eigenvalue weighted by Crippen LogP contribution is 2.22. The number of carbonyl (C=O) groups excluding carboxylic acids is 1. The van der Waals surface area contributed by atoms with Crippen molar-refractivity contribution in [2.24, 2.45) is 0 Å². The Morgan fingerprint density at radius 2 is 2.07 bits per heavy atom. The predicted octanol–water partition coefficient (Wildman–Crippen LogP) is 2.90. The van der Waals surface area contributed by atoms with E-state index in [4.69, 9.17) is 11.6 Å². The van der Waals surface area contributed by atoms with E-state index in [0.29, 0.717) is 6.54 Å². The average Bonchev–Trinajstić information content (AvgIpc) is 2.24. The van der Waals surface area contributed by atoms with E-state index in [2.05, 4.69) is 0 Å². The molecule has 0 saturated heterocycles. The second kappa shape index (κ2) is 5.17. The van der Waals surface area contributed by atoms with Gasteiger partial charge < -0.3 is 4.90 Å². The monoisotopic (exact) mass is 225 g/mol. The van der Waals surface area contributed by atoms with Crippen molar-refractivity contribution in [3.05, 3.63) is 29.3 Å². The maximum atomic E-state index is 11.6. The van der Waals surface area contributed by atoms with E-state index < -0.39 is 0 Å². The molecule has 0 radical (unpaired) electrons. The van der Waals surface area contributed by atoms with Crippen LogP contribution in [-0.2, 0) is 4.79 Å². The molecule has 0 aromatic heterocycles. The van der Waals surface area contributed by atoms with E-state index in [-0.39, 0.29) is 11.8 Å². The van der Waals surface area contributed by atoms with Crippen molar-refractivity contribution in [3.63, 3.8) is 0 Å². The van der Waals surface area contributed by atoms with Crippen LogP contribution < -0.4 is 4.90 Å². The molecule has 1 rings (SSSR count). The SMILES string of the molecule is CCN(C(=O)CCl)c1cccc(C)c1C. The number of alkyl halides is 1. The first-order valence-electron chi connectivity index (χ1n) is 5.04. The molecule has 0 atom stereocenters. The lowest BCUT2D eigenvalue weighted by Crippen LogP contribution is -2.32. The zero-order valence-electron chi connectivity index (χ0n) is 9.38. The summed E-state index contributed by atoms with van der Waals surface area (Å²) < 4.78 is 0. The molecule has 0 bridgehead atoms. The Kier molecular flexibility index (Phi) is 4.15. The normalized spacial score (nSPS) is 10.1. The van der Waals surface area contributed by atoms with Gasteiger partial charge in [0, 0.05) is 12.2 Å². The number of hydrogen-bond acceptors (Lipinski definition) is 1. The molecule has 0 aliphatic rings. The third kappa shape index (κ3) is 2.51. The summed E-state index contributed by atoms with van der Waals surface area (Å²) in [6.07, 6.45) is 0. The van der Waals surface area contributed by atoms with Crippen molar-refractivity contribution in [1.29, 1.82) is 0 Å². The summed E-state index contributed by atoms with van der Waals surface area (Å²) in [4.78, 5) is 13.3. The van der Waals surface area contributed by atoms with Crippen LogP contribution in [0.15, 0.2) is 18.2 Å². The fraction of sp³-hybridized carbons (Fsp3) is 0.417. The Labute approximate surface area is 95.8 Å². The van der Waals surface area contributed by atoms with Crippen molar-refractivity contribution in [2.75, 3.05) is 17.3 Å². The fourth-order valence-corrected chi connectivity index (χ4v) is 1.73. The van der Waals surface area contributed by atoms with Crippen LogP contribution in [0.2, 0.25) is 0 Å². The van der Waals surface area contributed by atoms with Crippen molar-refractivity contribution in [1.82, 2.24) is 0 Å². The minimum absolute atomic E-state index is 0.0290. The van der Waals surface area contributed by atoms with Gasteiger partial charge >= 0.3 is 0 Å². The third-order valence-electron chi connectivity index (χ3n) is 2.60. The molecule has 0 N–H and O–H groups in total. The Hall–Kier alpha value is -1.02. The number of halogens is 1.